The second-order valence-electron chi connectivity index (χ2n) is 4.64. The fourth-order valence-electron chi connectivity index (χ4n) is 2.07. The molecule has 0 aliphatic heterocycles. The maximum Gasteiger partial charge on any atom is 0.339 e. The van der Waals surface area contributed by atoms with E-state index in [-0.39, 0.29) is 5.56 Å². The minimum atomic E-state index is -0.986. The van der Waals surface area contributed by atoms with Gasteiger partial charge in [-0.05, 0) is 30.8 Å². The summed E-state index contributed by atoms with van der Waals surface area (Å²) in [7, 11) is 3.46. The van der Waals surface area contributed by atoms with Crippen LogP contribution in [-0.2, 0) is 13.1 Å². The first-order valence-electron chi connectivity index (χ1n) is 6.20. The highest BCUT2D eigenvalue weighted by molar-refractivity contribution is 5.90. The predicted molar refractivity (Wildman–Crippen MR) is 73.8 cm³/mol. The lowest BCUT2D eigenvalue weighted by Crippen LogP contribution is -2.17. The van der Waals surface area contributed by atoms with E-state index in [4.69, 9.17) is 14.3 Å². The van der Waals surface area contributed by atoms with Gasteiger partial charge in [0.2, 0.25) is 0 Å². The zero-order valence-electron chi connectivity index (χ0n) is 11.5. The number of carboxylic acids is 1. The van der Waals surface area contributed by atoms with E-state index < -0.39 is 5.97 Å². The summed E-state index contributed by atoms with van der Waals surface area (Å²) in [6, 6.07) is 7.06. The van der Waals surface area contributed by atoms with Gasteiger partial charge in [0.05, 0.1) is 19.6 Å². The quantitative estimate of drug-likeness (QED) is 0.878. The molecule has 2 aromatic rings. The molecule has 0 atom stereocenters. The van der Waals surface area contributed by atoms with Crippen molar-refractivity contribution < 1.29 is 19.1 Å². The van der Waals surface area contributed by atoms with Crippen LogP contribution < -0.4 is 4.74 Å². The van der Waals surface area contributed by atoms with Gasteiger partial charge in [0.25, 0.3) is 0 Å². The van der Waals surface area contributed by atoms with E-state index in [1.165, 1.54) is 7.11 Å². The van der Waals surface area contributed by atoms with Crippen molar-refractivity contribution >= 4 is 5.97 Å². The van der Waals surface area contributed by atoms with Crippen LogP contribution in [0.3, 0.4) is 0 Å². The number of benzene rings is 1. The summed E-state index contributed by atoms with van der Waals surface area (Å²) < 4.78 is 10.2. The van der Waals surface area contributed by atoms with Crippen molar-refractivity contribution in [1.82, 2.24) is 4.90 Å². The number of hydrogen-bond acceptors (Lipinski definition) is 4. The summed E-state index contributed by atoms with van der Waals surface area (Å²) in [6.45, 7) is 1.46. The smallest absolute Gasteiger partial charge is 0.339 e. The lowest BCUT2D eigenvalue weighted by Gasteiger charge is -2.16. The third-order valence-corrected chi connectivity index (χ3v) is 2.98. The molecule has 2 rings (SSSR count). The number of methoxy groups -OCH3 is 1. The largest absolute Gasteiger partial charge is 0.496 e. The van der Waals surface area contributed by atoms with Crippen LogP contribution in [-0.4, -0.2) is 30.1 Å². The van der Waals surface area contributed by atoms with E-state index in [1.54, 1.807) is 30.7 Å². The molecule has 0 spiro atoms. The number of carboxylic acid groups (broad SMARTS) is 1. The molecule has 0 unspecified atom stereocenters. The van der Waals surface area contributed by atoms with E-state index in [9.17, 15) is 4.79 Å². The second-order valence-corrected chi connectivity index (χ2v) is 4.64. The molecule has 0 fully saturated rings. The minimum absolute atomic E-state index is 0.175. The van der Waals surface area contributed by atoms with Gasteiger partial charge in [0, 0.05) is 18.7 Å². The summed E-state index contributed by atoms with van der Waals surface area (Å²) >= 11 is 0. The SMILES string of the molecule is COc1cc(CN(C)Cc2ccoc2)ccc1C(=O)O. The lowest BCUT2D eigenvalue weighted by atomic mass is 10.1. The van der Waals surface area contributed by atoms with Gasteiger partial charge in [-0.2, -0.15) is 0 Å². The molecule has 0 saturated heterocycles. The zero-order chi connectivity index (χ0) is 14.5. The van der Waals surface area contributed by atoms with Crippen LogP contribution in [0.15, 0.2) is 41.2 Å². The van der Waals surface area contributed by atoms with Gasteiger partial charge in [-0.3, -0.25) is 4.90 Å². The topological polar surface area (TPSA) is 62.9 Å². The molecule has 0 aliphatic rings. The van der Waals surface area contributed by atoms with Crippen molar-refractivity contribution in [3.05, 3.63) is 53.5 Å². The average molecular weight is 275 g/mol. The fourth-order valence-corrected chi connectivity index (χ4v) is 2.07. The van der Waals surface area contributed by atoms with E-state index in [1.807, 2.05) is 13.1 Å². The molecule has 0 aliphatic carbocycles. The highest BCUT2D eigenvalue weighted by Gasteiger charge is 2.12. The van der Waals surface area contributed by atoms with Crippen molar-refractivity contribution in [3.63, 3.8) is 0 Å². The minimum Gasteiger partial charge on any atom is -0.496 e. The number of nitrogens with zero attached hydrogens (tertiary/aromatic N) is 1. The Morgan fingerprint density at radius 3 is 2.65 bits per heavy atom. The lowest BCUT2D eigenvalue weighted by molar-refractivity contribution is 0.0693. The van der Waals surface area contributed by atoms with Crippen molar-refractivity contribution in [1.29, 1.82) is 0 Å². The zero-order valence-corrected chi connectivity index (χ0v) is 11.5. The highest BCUT2D eigenvalue weighted by atomic mass is 16.5. The summed E-state index contributed by atoms with van der Waals surface area (Å²) in [6.07, 6.45) is 3.36. The first-order valence-corrected chi connectivity index (χ1v) is 6.20. The van der Waals surface area contributed by atoms with E-state index in [0.717, 1.165) is 17.7 Å². The molecule has 0 bridgehead atoms. The summed E-state index contributed by atoms with van der Waals surface area (Å²) in [5.74, 6) is -0.605. The van der Waals surface area contributed by atoms with Gasteiger partial charge in [-0.25, -0.2) is 4.79 Å². The van der Waals surface area contributed by atoms with Gasteiger partial charge in [0.1, 0.15) is 11.3 Å². The van der Waals surface area contributed by atoms with Crippen molar-refractivity contribution in [3.8, 4) is 5.75 Å². The molecule has 1 heterocycles. The Balaban J connectivity index is 2.07. The van der Waals surface area contributed by atoms with E-state index in [2.05, 4.69) is 4.90 Å². The van der Waals surface area contributed by atoms with Gasteiger partial charge < -0.3 is 14.3 Å². The first kappa shape index (κ1) is 14.1. The third kappa shape index (κ3) is 3.39. The molecule has 1 aromatic heterocycles. The molecule has 0 amide bonds. The number of aromatic carboxylic acids is 1. The molecule has 1 N–H and O–H groups in total. The van der Waals surface area contributed by atoms with Gasteiger partial charge in [-0.15, -0.1) is 0 Å². The molecule has 5 nitrogen and oxygen atoms in total. The van der Waals surface area contributed by atoms with Crippen LogP contribution in [0.2, 0.25) is 0 Å². The van der Waals surface area contributed by atoms with E-state index >= 15 is 0 Å². The third-order valence-electron chi connectivity index (χ3n) is 2.98. The maximum absolute atomic E-state index is 11.0. The summed E-state index contributed by atoms with van der Waals surface area (Å²) in [5.41, 5.74) is 2.27. The van der Waals surface area contributed by atoms with Crippen LogP contribution in [0.4, 0.5) is 0 Å². The molecule has 106 valence electrons. The molecular formula is C15H17NO4. The predicted octanol–water partition coefficient (Wildman–Crippen LogP) is 2.62. The molecular weight excluding hydrogens is 258 g/mol. The monoisotopic (exact) mass is 275 g/mol. The van der Waals surface area contributed by atoms with Crippen LogP contribution in [0, 0.1) is 0 Å². The number of ether oxygens (including phenoxy) is 1. The van der Waals surface area contributed by atoms with Gasteiger partial charge >= 0.3 is 5.97 Å². The number of rotatable bonds is 6. The van der Waals surface area contributed by atoms with Gasteiger partial charge in [-0.1, -0.05) is 6.07 Å². The van der Waals surface area contributed by atoms with Crippen LogP contribution in [0.1, 0.15) is 21.5 Å². The fraction of sp³-hybridized carbons (Fsp3) is 0.267. The molecule has 1 aromatic carbocycles. The van der Waals surface area contributed by atoms with Crippen molar-refractivity contribution in [2.75, 3.05) is 14.2 Å². The standard InChI is InChI=1S/C15H17NO4/c1-16(9-12-5-6-20-10-12)8-11-3-4-13(15(17)18)14(7-11)19-2/h3-7,10H,8-9H2,1-2H3,(H,17,18). The second kappa shape index (κ2) is 6.25. The summed E-state index contributed by atoms with van der Waals surface area (Å²) in [5, 5.41) is 9.04. The van der Waals surface area contributed by atoms with Crippen molar-refractivity contribution in [2.24, 2.45) is 0 Å². The van der Waals surface area contributed by atoms with Crippen molar-refractivity contribution in [2.45, 2.75) is 13.1 Å². The number of hydrogen-bond donors (Lipinski definition) is 1. The van der Waals surface area contributed by atoms with Crippen LogP contribution in [0.25, 0.3) is 0 Å². The highest BCUT2D eigenvalue weighted by Crippen LogP contribution is 2.21. The molecule has 5 heteroatoms. The maximum atomic E-state index is 11.0. The average Bonchev–Trinajstić information content (AvgIpc) is 2.90. The molecule has 20 heavy (non-hydrogen) atoms. The molecule has 0 saturated carbocycles. The Kier molecular flexibility index (Phi) is 4.42. The number of carbonyl (C=O) groups is 1. The normalized spacial score (nSPS) is 10.8. The van der Waals surface area contributed by atoms with Crippen LogP contribution >= 0.6 is 0 Å². The Labute approximate surface area is 117 Å². The Hall–Kier alpha value is -2.27. The van der Waals surface area contributed by atoms with Gasteiger partial charge in [0.15, 0.2) is 0 Å². The molecule has 0 radical (unpaired) electrons. The number of furan rings is 1. The summed E-state index contributed by atoms with van der Waals surface area (Å²) in [4.78, 5) is 13.1. The Bertz CT molecular complexity index is 578. The Morgan fingerprint density at radius 1 is 1.30 bits per heavy atom. The van der Waals surface area contributed by atoms with Crippen LogP contribution in [0.5, 0.6) is 5.75 Å². The Morgan fingerprint density at radius 2 is 2.05 bits per heavy atom. The van der Waals surface area contributed by atoms with E-state index in [0.29, 0.717) is 12.3 Å². The first-order chi connectivity index (χ1) is 9.60.